The van der Waals surface area contributed by atoms with Gasteiger partial charge < -0.3 is 19.7 Å². The molecule has 2 aliphatic rings. The van der Waals surface area contributed by atoms with Crippen molar-refractivity contribution in [3.05, 3.63) is 30.0 Å². The summed E-state index contributed by atoms with van der Waals surface area (Å²) < 4.78 is 13.5. The van der Waals surface area contributed by atoms with Crippen molar-refractivity contribution in [1.82, 2.24) is 20.0 Å². The van der Waals surface area contributed by atoms with E-state index in [2.05, 4.69) is 35.5 Å². The number of nitrogens with zero attached hydrogens (tertiary/aromatic N) is 3. The van der Waals surface area contributed by atoms with E-state index >= 15 is 0 Å². The minimum atomic E-state index is 0.645. The van der Waals surface area contributed by atoms with Crippen LogP contribution in [0, 0.1) is 5.92 Å². The first kappa shape index (κ1) is 20.2. The highest BCUT2D eigenvalue weighted by Crippen LogP contribution is 2.34. The third-order valence-electron chi connectivity index (χ3n) is 5.75. The lowest BCUT2D eigenvalue weighted by Crippen LogP contribution is -2.36. The van der Waals surface area contributed by atoms with Gasteiger partial charge in [-0.05, 0) is 56.6 Å². The fraction of sp³-hybridized carbons (Fsp3) is 0.609. The fourth-order valence-corrected chi connectivity index (χ4v) is 4.32. The van der Waals surface area contributed by atoms with Gasteiger partial charge in [-0.3, -0.25) is 4.68 Å². The number of piperidine rings is 1. The number of ether oxygens (including phenoxy) is 2. The molecule has 0 aliphatic carbocycles. The Kier molecular flexibility index (Phi) is 6.72. The number of likely N-dealkylation sites (tertiary alicyclic amines) is 1. The van der Waals surface area contributed by atoms with E-state index < -0.39 is 0 Å². The van der Waals surface area contributed by atoms with Gasteiger partial charge in [0.15, 0.2) is 11.5 Å². The Bertz CT molecular complexity index is 798. The number of aromatic nitrogens is 2. The van der Waals surface area contributed by atoms with Gasteiger partial charge in [0.2, 0.25) is 0 Å². The average Bonchev–Trinajstić information content (AvgIpc) is 2.94. The van der Waals surface area contributed by atoms with E-state index in [1.165, 1.54) is 44.5 Å². The maximum atomic E-state index is 5.86. The van der Waals surface area contributed by atoms with Crippen molar-refractivity contribution in [3.8, 4) is 22.8 Å². The van der Waals surface area contributed by atoms with Crippen LogP contribution in [0.2, 0.25) is 0 Å². The smallest absolute Gasteiger partial charge is 0.161 e. The molecule has 1 fully saturated rings. The van der Waals surface area contributed by atoms with Gasteiger partial charge in [0.1, 0.15) is 0 Å². The molecule has 1 atom stereocenters. The summed E-state index contributed by atoms with van der Waals surface area (Å²) >= 11 is 0. The lowest BCUT2D eigenvalue weighted by Gasteiger charge is -2.29. The normalized spacial score (nSPS) is 18.4. The first-order valence-electron chi connectivity index (χ1n) is 11.0. The summed E-state index contributed by atoms with van der Waals surface area (Å²) in [6.07, 6.45) is 7.13. The van der Waals surface area contributed by atoms with Crippen LogP contribution in [0.5, 0.6) is 11.5 Å². The molecule has 0 saturated carbocycles. The van der Waals surface area contributed by atoms with Crippen LogP contribution in [0.4, 0.5) is 0 Å². The van der Waals surface area contributed by atoms with Crippen molar-refractivity contribution in [3.63, 3.8) is 0 Å². The first-order chi connectivity index (χ1) is 14.2. The predicted molar refractivity (Wildman–Crippen MR) is 115 cm³/mol. The Morgan fingerprint density at radius 2 is 1.86 bits per heavy atom. The van der Waals surface area contributed by atoms with Crippen LogP contribution >= 0.6 is 0 Å². The van der Waals surface area contributed by atoms with Gasteiger partial charge in [-0.1, -0.05) is 13.3 Å². The lowest BCUT2D eigenvalue weighted by molar-refractivity contribution is 0.199. The van der Waals surface area contributed by atoms with Crippen molar-refractivity contribution in [2.24, 2.45) is 13.0 Å². The third-order valence-corrected chi connectivity index (χ3v) is 5.75. The summed E-state index contributed by atoms with van der Waals surface area (Å²) in [7, 11) is 1.98. The van der Waals surface area contributed by atoms with Crippen LogP contribution in [-0.2, 0) is 13.6 Å². The average molecular weight is 399 g/mol. The van der Waals surface area contributed by atoms with Gasteiger partial charge in [0.05, 0.1) is 18.9 Å². The Hall–Kier alpha value is -2.05. The molecule has 6 heteroatoms. The van der Waals surface area contributed by atoms with Crippen molar-refractivity contribution in [2.45, 2.75) is 39.2 Å². The number of benzene rings is 1. The molecule has 0 amide bonds. The molecule has 1 aromatic carbocycles. The van der Waals surface area contributed by atoms with E-state index in [1.807, 2.05) is 17.8 Å². The van der Waals surface area contributed by atoms with E-state index in [9.17, 15) is 0 Å². The molecule has 4 rings (SSSR count). The van der Waals surface area contributed by atoms with Gasteiger partial charge in [0, 0.05) is 43.9 Å². The Morgan fingerprint density at radius 1 is 1.07 bits per heavy atom. The van der Waals surface area contributed by atoms with Crippen LogP contribution in [0.15, 0.2) is 24.4 Å². The molecule has 0 spiro atoms. The maximum Gasteiger partial charge on any atom is 0.161 e. The highest BCUT2D eigenvalue weighted by Gasteiger charge is 2.17. The number of hydrogen-bond acceptors (Lipinski definition) is 5. The highest BCUT2D eigenvalue weighted by atomic mass is 16.5. The van der Waals surface area contributed by atoms with Gasteiger partial charge >= 0.3 is 0 Å². The largest absolute Gasteiger partial charge is 0.490 e. The number of fused-ring (bicyclic) bond motifs is 1. The second-order valence-electron chi connectivity index (χ2n) is 8.49. The Morgan fingerprint density at radius 3 is 2.69 bits per heavy atom. The van der Waals surface area contributed by atoms with E-state index in [0.29, 0.717) is 19.1 Å². The summed E-state index contributed by atoms with van der Waals surface area (Å²) in [4.78, 5) is 2.61. The van der Waals surface area contributed by atoms with Crippen LogP contribution < -0.4 is 14.8 Å². The summed E-state index contributed by atoms with van der Waals surface area (Å²) in [5, 5.41) is 8.37. The number of hydrogen-bond donors (Lipinski definition) is 1. The maximum absolute atomic E-state index is 5.86. The molecule has 2 aliphatic heterocycles. The minimum absolute atomic E-state index is 0.645. The standard InChI is InChI=1S/C23H34N4O2/c1-18(16-27-9-4-3-5-10-27)14-24-15-20-17-26(2)25-23(20)19-7-8-21-22(13-19)29-12-6-11-28-21/h7-8,13,17-18,24H,3-6,9-12,14-16H2,1-2H3. The van der Waals surface area contributed by atoms with Gasteiger partial charge in [-0.25, -0.2) is 0 Å². The van der Waals surface area contributed by atoms with Crippen LogP contribution in [0.25, 0.3) is 11.3 Å². The zero-order chi connectivity index (χ0) is 20.1. The van der Waals surface area contributed by atoms with Crippen LogP contribution in [0.3, 0.4) is 0 Å². The zero-order valence-electron chi connectivity index (χ0n) is 17.8. The second-order valence-corrected chi connectivity index (χ2v) is 8.49. The molecule has 0 bridgehead atoms. The van der Waals surface area contributed by atoms with E-state index in [0.717, 1.165) is 42.3 Å². The highest BCUT2D eigenvalue weighted by molar-refractivity contribution is 5.66. The molecule has 6 nitrogen and oxygen atoms in total. The molecular formula is C23H34N4O2. The summed E-state index contributed by atoms with van der Waals surface area (Å²) in [5.74, 6) is 2.29. The molecule has 3 heterocycles. The molecular weight excluding hydrogens is 364 g/mol. The van der Waals surface area contributed by atoms with E-state index in [1.54, 1.807) is 0 Å². The monoisotopic (exact) mass is 398 g/mol. The predicted octanol–water partition coefficient (Wildman–Crippen LogP) is 3.46. The van der Waals surface area contributed by atoms with Crippen LogP contribution in [0.1, 0.15) is 38.2 Å². The SMILES string of the molecule is CC(CNCc1cn(C)nc1-c1ccc2c(c1)OCCCO2)CN1CCCCC1. The molecule has 1 N–H and O–H groups in total. The summed E-state index contributed by atoms with van der Waals surface area (Å²) in [6.45, 7) is 9.31. The first-order valence-corrected chi connectivity index (χ1v) is 11.0. The summed E-state index contributed by atoms with van der Waals surface area (Å²) in [5.41, 5.74) is 3.31. The zero-order valence-corrected chi connectivity index (χ0v) is 17.8. The minimum Gasteiger partial charge on any atom is -0.490 e. The lowest BCUT2D eigenvalue weighted by atomic mass is 10.1. The molecule has 2 aromatic rings. The van der Waals surface area contributed by atoms with Gasteiger partial charge in [-0.2, -0.15) is 5.10 Å². The second kappa shape index (κ2) is 9.63. The third kappa shape index (κ3) is 5.31. The van der Waals surface area contributed by atoms with E-state index in [4.69, 9.17) is 14.6 Å². The molecule has 1 unspecified atom stereocenters. The van der Waals surface area contributed by atoms with Crippen molar-refractivity contribution in [1.29, 1.82) is 0 Å². The van der Waals surface area contributed by atoms with Crippen LogP contribution in [-0.4, -0.2) is 54.1 Å². The molecule has 0 radical (unpaired) electrons. The van der Waals surface area contributed by atoms with E-state index in [-0.39, 0.29) is 0 Å². The topological polar surface area (TPSA) is 51.6 Å². The summed E-state index contributed by atoms with van der Waals surface area (Å²) in [6, 6.07) is 6.15. The number of aryl methyl sites for hydroxylation is 1. The fourth-order valence-electron chi connectivity index (χ4n) is 4.32. The van der Waals surface area contributed by atoms with Crippen molar-refractivity contribution in [2.75, 3.05) is 39.4 Å². The van der Waals surface area contributed by atoms with Gasteiger partial charge in [-0.15, -0.1) is 0 Å². The van der Waals surface area contributed by atoms with Crippen molar-refractivity contribution < 1.29 is 9.47 Å². The van der Waals surface area contributed by atoms with Crippen molar-refractivity contribution >= 4 is 0 Å². The Balaban J connectivity index is 1.37. The van der Waals surface area contributed by atoms with Gasteiger partial charge in [0.25, 0.3) is 0 Å². The molecule has 29 heavy (non-hydrogen) atoms. The number of rotatable bonds is 7. The molecule has 1 aromatic heterocycles. The quantitative estimate of drug-likeness (QED) is 0.774. The Labute approximate surface area is 174 Å². The number of nitrogens with one attached hydrogen (secondary N) is 1. The molecule has 158 valence electrons. The molecule has 1 saturated heterocycles.